The van der Waals surface area contributed by atoms with Crippen molar-refractivity contribution >= 4 is 69.2 Å². The Bertz CT molecular complexity index is 907. The number of benzene rings is 1. The van der Waals surface area contributed by atoms with Gasteiger partial charge in [0.05, 0.1) is 32.3 Å². The molecule has 1 saturated carbocycles. The van der Waals surface area contributed by atoms with Gasteiger partial charge in [-0.1, -0.05) is 12.2 Å². The normalized spacial score (nSPS) is 28.3. The van der Waals surface area contributed by atoms with E-state index in [1.54, 1.807) is 6.92 Å². The maximum absolute atomic E-state index is 12.7. The van der Waals surface area contributed by atoms with Gasteiger partial charge in [-0.3, -0.25) is 9.59 Å². The number of allylic oxidation sites excluding steroid dienone is 2. The predicted molar refractivity (Wildman–Crippen MR) is 121 cm³/mol. The summed E-state index contributed by atoms with van der Waals surface area (Å²) in [5, 5.41) is 5.24. The zero-order valence-electron chi connectivity index (χ0n) is 15.7. The summed E-state index contributed by atoms with van der Waals surface area (Å²) in [6.45, 7) is 1.62. The van der Waals surface area contributed by atoms with Crippen LogP contribution in [0.1, 0.15) is 18.9 Å². The van der Waals surface area contributed by atoms with Gasteiger partial charge in [-0.2, -0.15) is 10.1 Å². The summed E-state index contributed by atoms with van der Waals surface area (Å²) in [6.07, 6.45) is 5.80. The molecule has 0 unspecified atom stereocenters. The fourth-order valence-corrected chi connectivity index (χ4v) is 6.35. The minimum Gasteiger partial charge on any atom is -0.477 e. The van der Waals surface area contributed by atoms with E-state index in [2.05, 4.69) is 62.4 Å². The highest BCUT2D eigenvalue weighted by Gasteiger charge is 2.59. The molecule has 5 atom stereocenters. The van der Waals surface area contributed by atoms with Gasteiger partial charge in [-0.25, -0.2) is 4.79 Å². The van der Waals surface area contributed by atoms with E-state index in [4.69, 9.17) is 9.47 Å². The van der Waals surface area contributed by atoms with E-state index < -0.39 is 12.1 Å². The molecular weight excluding hydrogens is 602 g/mol. The number of hydrogen-bond acceptors (Lipinski definition) is 6. The van der Waals surface area contributed by atoms with Crippen molar-refractivity contribution in [3.8, 4) is 5.75 Å². The van der Waals surface area contributed by atoms with Crippen LogP contribution in [0.15, 0.2) is 29.4 Å². The van der Waals surface area contributed by atoms with E-state index in [1.165, 1.54) is 13.3 Å². The van der Waals surface area contributed by atoms with Crippen LogP contribution in [0.25, 0.3) is 0 Å². The van der Waals surface area contributed by atoms with E-state index in [0.717, 1.165) is 24.1 Å². The van der Waals surface area contributed by atoms with Crippen LogP contribution in [-0.4, -0.2) is 42.2 Å². The number of carbonyl (C=O) groups is 3. The largest absolute Gasteiger partial charge is 0.477 e. The van der Waals surface area contributed by atoms with Crippen molar-refractivity contribution in [2.75, 3.05) is 7.11 Å². The fourth-order valence-electron chi connectivity index (χ4n) is 4.28. The number of fused-ring (bicyclic) bond motifs is 5. The molecule has 0 radical (unpaired) electrons. The Morgan fingerprint density at radius 1 is 1.17 bits per heavy atom. The number of nitrogens with zero attached hydrogens (tertiary/aromatic N) is 2. The molecule has 0 spiro atoms. The van der Waals surface area contributed by atoms with Crippen LogP contribution in [0.3, 0.4) is 0 Å². The van der Waals surface area contributed by atoms with Crippen LogP contribution >= 0.6 is 45.2 Å². The molecule has 1 aromatic rings. The van der Waals surface area contributed by atoms with Crippen molar-refractivity contribution < 1.29 is 23.9 Å². The second-order valence-corrected chi connectivity index (χ2v) is 9.65. The molecular formula is C20H18I2N2O5. The maximum atomic E-state index is 12.7. The lowest BCUT2D eigenvalue weighted by Gasteiger charge is -2.16. The SMILES string of the molecule is COC(=O)[C@H](C)Oc1c(I)cc(C=NN2C(=O)[C@@H]3[C@H](C2=O)[C@H]2C=C[C@H]3C2)cc1I. The number of carbonyl (C=O) groups excluding carboxylic acids is 3. The highest BCUT2D eigenvalue weighted by atomic mass is 127. The van der Waals surface area contributed by atoms with E-state index in [1.807, 2.05) is 12.1 Å². The summed E-state index contributed by atoms with van der Waals surface area (Å²) in [5.41, 5.74) is 0.732. The number of ether oxygens (including phenoxy) is 2. The van der Waals surface area contributed by atoms with Crippen molar-refractivity contribution in [3.63, 3.8) is 0 Å². The van der Waals surface area contributed by atoms with Crippen LogP contribution in [-0.2, 0) is 19.1 Å². The van der Waals surface area contributed by atoms with Crippen LogP contribution in [0.4, 0.5) is 0 Å². The van der Waals surface area contributed by atoms with Gasteiger partial charge < -0.3 is 9.47 Å². The second kappa shape index (κ2) is 7.97. The molecule has 7 nitrogen and oxygen atoms in total. The summed E-state index contributed by atoms with van der Waals surface area (Å²) in [5.74, 6) is -0.479. The molecule has 3 aliphatic rings. The molecule has 0 N–H and O–H groups in total. The lowest BCUT2D eigenvalue weighted by Crippen LogP contribution is -2.28. The lowest BCUT2D eigenvalue weighted by atomic mass is 9.85. The van der Waals surface area contributed by atoms with Crippen molar-refractivity contribution in [3.05, 3.63) is 37.0 Å². The third-order valence-electron chi connectivity index (χ3n) is 5.62. The standard InChI is InChI=1S/C20H18I2N2O5/c1-9(20(27)28-2)29-17-13(21)5-10(6-14(17)22)8-23-24-18(25)15-11-3-4-12(7-11)16(15)19(24)26/h3-6,8-9,11-12,15-16H,7H2,1-2H3/t9-,11-,12-,15-,16+/m0/s1. The van der Waals surface area contributed by atoms with Gasteiger partial charge in [0.1, 0.15) is 5.75 Å². The van der Waals surface area contributed by atoms with Crippen LogP contribution in [0, 0.1) is 30.8 Å². The highest BCUT2D eigenvalue weighted by molar-refractivity contribution is 14.1. The Balaban J connectivity index is 1.52. The highest BCUT2D eigenvalue weighted by Crippen LogP contribution is 2.52. The van der Waals surface area contributed by atoms with Crippen molar-refractivity contribution in [1.82, 2.24) is 5.01 Å². The number of amides is 2. The Morgan fingerprint density at radius 2 is 1.72 bits per heavy atom. The van der Waals surface area contributed by atoms with Crippen molar-refractivity contribution in [1.29, 1.82) is 0 Å². The first-order valence-electron chi connectivity index (χ1n) is 9.15. The molecule has 2 bridgehead atoms. The Kier molecular flexibility index (Phi) is 5.70. The van der Waals surface area contributed by atoms with Gasteiger partial charge >= 0.3 is 5.97 Å². The summed E-state index contributed by atoms with van der Waals surface area (Å²) < 4.78 is 12.0. The number of esters is 1. The first kappa shape index (κ1) is 20.8. The molecule has 1 aromatic carbocycles. The molecule has 1 heterocycles. The Morgan fingerprint density at radius 3 is 2.24 bits per heavy atom. The van der Waals surface area contributed by atoms with Gasteiger partial charge in [-0.15, -0.1) is 0 Å². The monoisotopic (exact) mass is 620 g/mol. The molecule has 152 valence electrons. The summed E-state index contributed by atoms with van der Waals surface area (Å²) in [6, 6.07) is 3.64. The zero-order valence-corrected chi connectivity index (χ0v) is 20.0. The van der Waals surface area contributed by atoms with Crippen LogP contribution < -0.4 is 4.74 Å². The minimum atomic E-state index is -0.732. The summed E-state index contributed by atoms with van der Waals surface area (Å²) >= 11 is 4.23. The van der Waals surface area contributed by atoms with E-state index in [9.17, 15) is 14.4 Å². The van der Waals surface area contributed by atoms with Gasteiger partial charge in [0.2, 0.25) is 0 Å². The molecule has 2 fully saturated rings. The first-order valence-corrected chi connectivity index (χ1v) is 11.3. The van der Waals surface area contributed by atoms with Gasteiger partial charge in [0.15, 0.2) is 6.10 Å². The van der Waals surface area contributed by atoms with E-state index >= 15 is 0 Å². The molecule has 2 amide bonds. The number of hydrogen-bond donors (Lipinski definition) is 0. The number of methoxy groups -OCH3 is 1. The lowest BCUT2D eigenvalue weighted by molar-refractivity contribution is -0.148. The third-order valence-corrected chi connectivity index (χ3v) is 7.22. The van der Waals surface area contributed by atoms with Gasteiger partial charge in [0, 0.05) is 0 Å². The number of hydrazone groups is 1. The first-order chi connectivity index (χ1) is 13.8. The average Bonchev–Trinajstić information content (AvgIpc) is 3.36. The summed E-state index contributed by atoms with van der Waals surface area (Å²) in [7, 11) is 1.31. The van der Waals surface area contributed by atoms with E-state index in [0.29, 0.717) is 5.75 Å². The van der Waals surface area contributed by atoms with Crippen molar-refractivity contribution in [2.24, 2.45) is 28.8 Å². The molecule has 1 aliphatic heterocycles. The van der Waals surface area contributed by atoms with Crippen LogP contribution in [0.5, 0.6) is 5.75 Å². The molecule has 9 heteroatoms. The Hall–Kier alpha value is -1.50. The van der Waals surface area contributed by atoms with Crippen LogP contribution in [0.2, 0.25) is 0 Å². The second-order valence-electron chi connectivity index (χ2n) is 7.33. The molecule has 1 saturated heterocycles. The van der Waals surface area contributed by atoms with E-state index in [-0.39, 0.29) is 35.5 Å². The smallest absolute Gasteiger partial charge is 0.346 e. The van der Waals surface area contributed by atoms with Gasteiger partial charge in [-0.05, 0) is 88.1 Å². The minimum absolute atomic E-state index is 0.164. The fraction of sp³-hybridized carbons (Fsp3) is 0.400. The number of halogens is 2. The zero-order chi connectivity index (χ0) is 20.9. The van der Waals surface area contributed by atoms with Gasteiger partial charge in [0.25, 0.3) is 11.8 Å². The molecule has 29 heavy (non-hydrogen) atoms. The number of rotatable bonds is 5. The predicted octanol–water partition coefficient (Wildman–Crippen LogP) is 2.98. The Labute approximate surface area is 195 Å². The molecule has 4 rings (SSSR count). The third kappa shape index (κ3) is 3.60. The quantitative estimate of drug-likeness (QED) is 0.166. The maximum Gasteiger partial charge on any atom is 0.346 e. The average molecular weight is 620 g/mol. The summed E-state index contributed by atoms with van der Waals surface area (Å²) in [4.78, 5) is 37.0. The molecule has 2 aliphatic carbocycles. The topological polar surface area (TPSA) is 85.3 Å². The number of imide groups is 1. The molecule has 0 aromatic heterocycles. The van der Waals surface area contributed by atoms with Crippen molar-refractivity contribution in [2.45, 2.75) is 19.4 Å².